The number of fused-ring (bicyclic) bond motifs is 1. The second kappa shape index (κ2) is 7.95. The maximum absolute atomic E-state index is 14.5. The van der Waals surface area contributed by atoms with Crippen molar-refractivity contribution in [3.05, 3.63) is 83.9 Å². The van der Waals surface area contributed by atoms with Gasteiger partial charge in [0.1, 0.15) is 11.6 Å². The van der Waals surface area contributed by atoms with E-state index in [1.807, 2.05) is 24.3 Å². The highest BCUT2D eigenvalue weighted by Crippen LogP contribution is 2.35. The number of nitrogens with two attached hydrogens (primary N) is 1. The van der Waals surface area contributed by atoms with E-state index in [-0.39, 0.29) is 0 Å². The Morgan fingerprint density at radius 3 is 2.39 bits per heavy atom. The minimum atomic E-state index is -0.576. The van der Waals surface area contributed by atoms with Crippen LogP contribution in [0, 0.1) is 11.6 Å². The Kier molecular flexibility index (Phi) is 5.22. The van der Waals surface area contributed by atoms with Gasteiger partial charge in [0.15, 0.2) is 0 Å². The van der Waals surface area contributed by atoms with Crippen LogP contribution in [0.1, 0.15) is 18.4 Å². The second-order valence-corrected chi connectivity index (χ2v) is 6.97. The SMILES string of the molecule is NCCCCc1c(-c2ccc(F)cc2F)[nH]c2ccc(-c3ccccc3)cc12. The van der Waals surface area contributed by atoms with Gasteiger partial charge in [-0.15, -0.1) is 0 Å². The molecule has 0 aliphatic carbocycles. The largest absolute Gasteiger partial charge is 0.354 e. The third-order valence-corrected chi connectivity index (χ3v) is 5.09. The number of aromatic nitrogens is 1. The molecule has 0 saturated carbocycles. The Bertz CT molecular complexity index is 1100. The molecule has 0 spiro atoms. The van der Waals surface area contributed by atoms with Gasteiger partial charge in [-0.25, -0.2) is 8.78 Å². The number of hydrogen-bond acceptors (Lipinski definition) is 1. The number of unbranched alkanes of at least 4 members (excludes halogenated alkanes) is 1. The Morgan fingerprint density at radius 2 is 1.64 bits per heavy atom. The molecule has 0 saturated heterocycles. The van der Waals surface area contributed by atoms with Gasteiger partial charge >= 0.3 is 0 Å². The quantitative estimate of drug-likeness (QED) is 0.395. The van der Waals surface area contributed by atoms with Crippen molar-refractivity contribution in [3.8, 4) is 22.4 Å². The number of nitrogens with one attached hydrogen (secondary N) is 1. The van der Waals surface area contributed by atoms with Crippen LogP contribution >= 0.6 is 0 Å². The summed E-state index contributed by atoms with van der Waals surface area (Å²) in [6, 6.07) is 20.1. The highest BCUT2D eigenvalue weighted by atomic mass is 19.1. The van der Waals surface area contributed by atoms with Gasteiger partial charge in [0, 0.05) is 22.5 Å². The van der Waals surface area contributed by atoms with E-state index in [1.54, 1.807) is 0 Å². The molecule has 0 atom stereocenters. The summed E-state index contributed by atoms with van der Waals surface area (Å²) in [6.45, 7) is 0.623. The highest BCUT2D eigenvalue weighted by Gasteiger charge is 2.17. The van der Waals surface area contributed by atoms with E-state index in [1.165, 1.54) is 12.1 Å². The maximum atomic E-state index is 14.5. The molecule has 3 N–H and O–H groups in total. The average Bonchev–Trinajstić information content (AvgIpc) is 3.06. The summed E-state index contributed by atoms with van der Waals surface area (Å²) < 4.78 is 27.9. The fraction of sp³-hybridized carbons (Fsp3) is 0.167. The lowest BCUT2D eigenvalue weighted by molar-refractivity contribution is 0.585. The molecule has 0 aliphatic heterocycles. The number of hydrogen-bond donors (Lipinski definition) is 2. The molecule has 0 aliphatic rings. The van der Waals surface area contributed by atoms with E-state index in [0.717, 1.165) is 58.6 Å². The summed E-state index contributed by atoms with van der Waals surface area (Å²) in [7, 11) is 0. The first-order valence-corrected chi connectivity index (χ1v) is 9.53. The lowest BCUT2D eigenvalue weighted by Crippen LogP contribution is -1.99. The predicted molar refractivity (Wildman–Crippen MR) is 111 cm³/mol. The van der Waals surface area contributed by atoms with Crippen LogP contribution in [-0.2, 0) is 6.42 Å². The van der Waals surface area contributed by atoms with E-state index in [4.69, 9.17) is 5.73 Å². The minimum absolute atomic E-state index is 0.390. The molecular formula is C24H22F2N2. The van der Waals surface area contributed by atoms with Crippen LogP contribution in [0.2, 0.25) is 0 Å². The van der Waals surface area contributed by atoms with Crippen molar-refractivity contribution >= 4 is 10.9 Å². The van der Waals surface area contributed by atoms with Crippen LogP contribution in [-0.4, -0.2) is 11.5 Å². The van der Waals surface area contributed by atoms with Gasteiger partial charge < -0.3 is 10.7 Å². The van der Waals surface area contributed by atoms with Crippen molar-refractivity contribution in [2.45, 2.75) is 19.3 Å². The lowest BCUT2D eigenvalue weighted by atomic mass is 9.97. The monoisotopic (exact) mass is 376 g/mol. The van der Waals surface area contributed by atoms with Crippen molar-refractivity contribution < 1.29 is 8.78 Å². The zero-order valence-corrected chi connectivity index (χ0v) is 15.5. The van der Waals surface area contributed by atoms with Gasteiger partial charge in [0.25, 0.3) is 0 Å². The molecular weight excluding hydrogens is 354 g/mol. The van der Waals surface area contributed by atoms with Crippen molar-refractivity contribution in [2.75, 3.05) is 6.54 Å². The first-order valence-electron chi connectivity index (χ1n) is 9.53. The average molecular weight is 376 g/mol. The van der Waals surface area contributed by atoms with Crippen LogP contribution in [0.4, 0.5) is 8.78 Å². The molecule has 0 amide bonds. The summed E-state index contributed by atoms with van der Waals surface area (Å²) in [5.41, 5.74) is 11.0. The molecule has 4 rings (SSSR count). The Morgan fingerprint density at radius 1 is 0.821 bits per heavy atom. The molecule has 0 radical (unpaired) electrons. The summed E-state index contributed by atoms with van der Waals surface area (Å²) in [4.78, 5) is 3.35. The van der Waals surface area contributed by atoms with E-state index < -0.39 is 11.6 Å². The fourth-order valence-corrected chi connectivity index (χ4v) is 3.69. The topological polar surface area (TPSA) is 41.8 Å². The molecule has 1 aromatic heterocycles. The highest BCUT2D eigenvalue weighted by molar-refractivity contribution is 5.93. The summed E-state index contributed by atoms with van der Waals surface area (Å²) in [6.07, 6.45) is 2.59. The molecule has 28 heavy (non-hydrogen) atoms. The lowest BCUT2D eigenvalue weighted by Gasteiger charge is -2.07. The van der Waals surface area contributed by atoms with E-state index in [9.17, 15) is 8.78 Å². The van der Waals surface area contributed by atoms with Crippen LogP contribution in [0.3, 0.4) is 0 Å². The van der Waals surface area contributed by atoms with Crippen molar-refractivity contribution in [3.63, 3.8) is 0 Å². The Balaban J connectivity index is 1.87. The van der Waals surface area contributed by atoms with E-state index in [0.29, 0.717) is 12.1 Å². The van der Waals surface area contributed by atoms with Crippen LogP contribution in [0.15, 0.2) is 66.7 Å². The van der Waals surface area contributed by atoms with Gasteiger partial charge in [0.2, 0.25) is 0 Å². The zero-order chi connectivity index (χ0) is 19.5. The standard InChI is InChI=1S/C24H22F2N2/c25-18-10-11-20(22(26)15-18)24-19(8-4-5-13-27)21-14-17(9-12-23(21)28-24)16-6-2-1-3-7-16/h1-3,6-7,9-12,14-15,28H,4-5,8,13,27H2. The minimum Gasteiger partial charge on any atom is -0.354 e. The molecule has 0 bridgehead atoms. The third kappa shape index (κ3) is 3.56. The molecule has 3 aromatic carbocycles. The predicted octanol–water partition coefficient (Wildman–Crippen LogP) is 6.06. The summed E-state index contributed by atoms with van der Waals surface area (Å²) >= 11 is 0. The molecule has 2 nitrogen and oxygen atoms in total. The van der Waals surface area contributed by atoms with Crippen LogP contribution in [0.5, 0.6) is 0 Å². The number of halogens is 2. The third-order valence-electron chi connectivity index (χ3n) is 5.09. The number of aromatic amines is 1. The molecule has 4 aromatic rings. The molecule has 142 valence electrons. The second-order valence-electron chi connectivity index (χ2n) is 6.97. The molecule has 0 unspecified atom stereocenters. The van der Waals surface area contributed by atoms with Crippen LogP contribution < -0.4 is 5.73 Å². The van der Waals surface area contributed by atoms with E-state index in [2.05, 4.69) is 29.2 Å². The first kappa shape index (κ1) is 18.4. The summed E-state index contributed by atoms with van der Waals surface area (Å²) in [5.74, 6) is -1.14. The Hall–Kier alpha value is -2.98. The van der Waals surface area contributed by atoms with Crippen molar-refractivity contribution in [1.29, 1.82) is 0 Å². The van der Waals surface area contributed by atoms with Crippen molar-refractivity contribution in [1.82, 2.24) is 4.98 Å². The van der Waals surface area contributed by atoms with Crippen LogP contribution in [0.25, 0.3) is 33.3 Å². The summed E-state index contributed by atoms with van der Waals surface area (Å²) in [5, 5.41) is 1.07. The van der Waals surface area contributed by atoms with E-state index >= 15 is 0 Å². The number of H-pyrrole nitrogens is 1. The molecule has 1 heterocycles. The van der Waals surface area contributed by atoms with Gasteiger partial charge in [0.05, 0.1) is 5.69 Å². The Labute approximate surface area is 163 Å². The zero-order valence-electron chi connectivity index (χ0n) is 15.5. The van der Waals surface area contributed by atoms with Gasteiger partial charge in [-0.05, 0) is 66.8 Å². The molecule has 0 fully saturated rings. The normalized spacial score (nSPS) is 11.2. The number of rotatable bonds is 6. The van der Waals surface area contributed by atoms with Crippen molar-refractivity contribution in [2.24, 2.45) is 5.73 Å². The van der Waals surface area contributed by atoms with Gasteiger partial charge in [-0.3, -0.25) is 0 Å². The number of aryl methyl sites for hydroxylation is 1. The first-order chi connectivity index (χ1) is 13.7. The van der Waals surface area contributed by atoms with Gasteiger partial charge in [-0.2, -0.15) is 0 Å². The fourth-order valence-electron chi connectivity index (χ4n) is 3.69. The number of benzene rings is 3. The maximum Gasteiger partial charge on any atom is 0.135 e. The van der Waals surface area contributed by atoms with Gasteiger partial charge in [-0.1, -0.05) is 36.4 Å². The smallest absolute Gasteiger partial charge is 0.135 e. The molecule has 4 heteroatoms.